The highest BCUT2D eigenvalue weighted by Gasteiger charge is 2.46. The van der Waals surface area contributed by atoms with Crippen molar-refractivity contribution in [3.05, 3.63) is 0 Å². The van der Waals surface area contributed by atoms with Crippen LogP contribution in [-0.2, 0) is 4.79 Å². The van der Waals surface area contributed by atoms with Crippen LogP contribution in [0.25, 0.3) is 0 Å². The van der Waals surface area contributed by atoms with Gasteiger partial charge in [-0.25, -0.2) is 0 Å². The molecule has 2 N–H and O–H groups in total. The molecule has 1 fully saturated rings. The van der Waals surface area contributed by atoms with E-state index in [1.165, 1.54) is 0 Å². The highest BCUT2D eigenvalue weighted by atomic mass is 16.4. The molecule has 0 radical (unpaired) electrons. The summed E-state index contributed by atoms with van der Waals surface area (Å²) in [5, 5.41) is 12.8. The van der Waals surface area contributed by atoms with Gasteiger partial charge in [-0.15, -0.1) is 0 Å². The number of nitrogens with one attached hydrogen (secondary N) is 1. The summed E-state index contributed by atoms with van der Waals surface area (Å²) in [5.74, 6) is -0.687. The highest BCUT2D eigenvalue weighted by molar-refractivity contribution is 5.79. The van der Waals surface area contributed by atoms with Gasteiger partial charge in [-0.05, 0) is 44.7 Å². The van der Waals surface area contributed by atoms with Crippen LogP contribution in [0.5, 0.6) is 0 Å². The predicted molar refractivity (Wildman–Crippen MR) is 78.4 cm³/mol. The van der Waals surface area contributed by atoms with Crippen molar-refractivity contribution in [2.24, 2.45) is 5.41 Å². The molecule has 4 nitrogen and oxygen atoms in total. The van der Waals surface area contributed by atoms with E-state index in [-0.39, 0.29) is 5.41 Å². The van der Waals surface area contributed by atoms with Gasteiger partial charge in [-0.3, -0.25) is 4.79 Å². The second-order valence-electron chi connectivity index (χ2n) is 7.19. The molecule has 4 heteroatoms. The maximum atomic E-state index is 11.6. The number of carboxylic acid groups (broad SMARTS) is 1. The number of rotatable bonds is 6. The largest absolute Gasteiger partial charge is 0.480 e. The van der Waals surface area contributed by atoms with Gasteiger partial charge in [0.15, 0.2) is 0 Å². The Labute approximate surface area is 117 Å². The van der Waals surface area contributed by atoms with Gasteiger partial charge in [-0.2, -0.15) is 0 Å². The summed E-state index contributed by atoms with van der Waals surface area (Å²) in [6.07, 6.45) is 3.39. The van der Waals surface area contributed by atoms with E-state index in [0.29, 0.717) is 6.04 Å². The lowest BCUT2D eigenvalue weighted by Gasteiger charge is -2.32. The van der Waals surface area contributed by atoms with Crippen molar-refractivity contribution in [3.8, 4) is 0 Å². The summed E-state index contributed by atoms with van der Waals surface area (Å²) >= 11 is 0. The van der Waals surface area contributed by atoms with Crippen LogP contribution in [0.15, 0.2) is 0 Å². The maximum Gasteiger partial charge on any atom is 0.323 e. The molecule has 0 bridgehead atoms. The molecule has 0 aromatic heterocycles. The van der Waals surface area contributed by atoms with Gasteiger partial charge >= 0.3 is 5.97 Å². The quantitative estimate of drug-likeness (QED) is 0.778. The molecule has 0 heterocycles. The minimum atomic E-state index is -0.702. The zero-order chi connectivity index (χ0) is 14.7. The van der Waals surface area contributed by atoms with E-state index in [0.717, 1.165) is 38.8 Å². The molecule has 19 heavy (non-hydrogen) atoms. The molecule has 2 atom stereocenters. The summed E-state index contributed by atoms with van der Waals surface area (Å²) in [6, 6.07) is 0.375. The standard InChI is InChI=1S/C15H30N2O2/c1-6-9-16-15(13(18)19)8-7-12(10-15)17(5)11-14(2,3)4/h12,16H,6-11H2,1-5H3,(H,18,19). The first kappa shape index (κ1) is 16.4. The molecule has 112 valence electrons. The average molecular weight is 270 g/mol. The molecule has 0 spiro atoms. The van der Waals surface area contributed by atoms with Gasteiger partial charge in [0.2, 0.25) is 0 Å². The lowest BCUT2D eigenvalue weighted by atomic mass is 9.94. The number of carbonyl (C=O) groups is 1. The molecule has 1 saturated carbocycles. The van der Waals surface area contributed by atoms with Crippen LogP contribution in [0.4, 0.5) is 0 Å². The number of hydrogen-bond donors (Lipinski definition) is 2. The summed E-state index contributed by atoms with van der Waals surface area (Å²) in [7, 11) is 2.12. The molecule has 0 saturated heterocycles. The van der Waals surface area contributed by atoms with Gasteiger partial charge in [-0.1, -0.05) is 27.7 Å². The third-order valence-electron chi connectivity index (χ3n) is 3.96. The monoisotopic (exact) mass is 270 g/mol. The summed E-state index contributed by atoms with van der Waals surface area (Å²) in [4.78, 5) is 13.9. The van der Waals surface area contributed by atoms with E-state index in [9.17, 15) is 9.90 Å². The second kappa shape index (κ2) is 6.23. The zero-order valence-corrected chi connectivity index (χ0v) is 13.1. The Morgan fingerprint density at radius 1 is 1.47 bits per heavy atom. The van der Waals surface area contributed by atoms with Crippen LogP contribution < -0.4 is 5.32 Å². The van der Waals surface area contributed by atoms with Crippen LogP contribution in [0.1, 0.15) is 53.4 Å². The third kappa shape index (κ3) is 4.46. The van der Waals surface area contributed by atoms with E-state index in [4.69, 9.17) is 0 Å². The van der Waals surface area contributed by atoms with E-state index in [2.05, 4.69) is 45.0 Å². The molecule has 0 aliphatic heterocycles. The smallest absolute Gasteiger partial charge is 0.323 e. The molecule has 1 rings (SSSR count). The Balaban J connectivity index is 2.65. The second-order valence-corrected chi connectivity index (χ2v) is 7.19. The lowest BCUT2D eigenvalue weighted by Crippen LogP contribution is -2.51. The summed E-state index contributed by atoms with van der Waals surface area (Å²) in [6.45, 7) is 10.5. The van der Waals surface area contributed by atoms with E-state index >= 15 is 0 Å². The molecule has 0 amide bonds. The van der Waals surface area contributed by atoms with Crippen LogP contribution in [-0.4, -0.2) is 47.7 Å². The minimum Gasteiger partial charge on any atom is -0.480 e. The van der Waals surface area contributed by atoms with Crippen LogP contribution >= 0.6 is 0 Å². The normalized spacial score (nSPS) is 28.0. The SMILES string of the molecule is CCCNC1(C(=O)O)CCC(N(C)CC(C)(C)C)C1. The molecule has 1 aliphatic rings. The number of aliphatic carboxylic acids is 1. The van der Waals surface area contributed by atoms with Gasteiger partial charge in [0.1, 0.15) is 5.54 Å². The van der Waals surface area contributed by atoms with Crippen molar-refractivity contribution in [2.75, 3.05) is 20.1 Å². The van der Waals surface area contributed by atoms with Crippen molar-refractivity contribution in [1.29, 1.82) is 0 Å². The van der Waals surface area contributed by atoms with E-state index in [1.807, 2.05) is 0 Å². The number of hydrogen-bond acceptors (Lipinski definition) is 3. The highest BCUT2D eigenvalue weighted by Crippen LogP contribution is 2.34. The fourth-order valence-electron chi connectivity index (χ4n) is 3.07. The molecular weight excluding hydrogens is 240 g/mol. The molecule has 0 aromatic rings. The Kier molecular flexibility index (Phi) is 5.39. The Morgan fingerprint density at radius 3 is 2.58 bits per heavy atom. The van der Waals surface area contributed by atoms with Gasteiger partial charge < -0.3 is 15.3 Å². The number of carboxylic acids is 1. The van der Waals surface area contributed by atoms with E-state index in [1.54, 1.807) is 0 Å². The van der Waals surface area contributed by atoms with Gasteiger partial charge in [0, 0.05) is 12.6 Å². The summed E-state index contributed by atoms with van der Waals surface area (Å²) in [5.41, 5.74) is -0.451. The van der Waals surface area contributed by atoms with Gasteiger partial charge in [0.25, 0.3) is 0 Å². The minimum absolute atomic E-state index is 0.250. The Bertz CT molecular complexity index is 312. The van der Waals surface area contributed by atoms with E-state index < -0.39 is 11.5 Å². The van der Waals surface area contributed by atoms with Crippen LogP contribution in [0.2, 0.25) is 0 Å². The topological polar surface area (TPSA) is 52.6 Å². The van der Waals surface area contributed by atoms with Crippen LogP contribution in [0.3, 0.4) is 0 Å². The fraction of sp³-hybridized carbons (Fsp3) is 0.933. The third-order valence-corrected chi connectivity index (χ3v) is 3.96. The molecule has 0 aromatic carbocycles. The van der Waals surface area contributed by atoms with Crippen molar-refractivity contribution in [2.45, 2.75) is 65.0 Å². The van der Waals surface area contributed by atoms with Crippen molar-refractivity contribution in [3.63, 3.8) is 0 Å². The summed E-state index contributed by atoms with van der Waals surface area (Å²) < 4.78 is 0. The van der Waals surface area contributed by atoms with Crippen molar-refractivity contribution < 1.29 is 9.90 Å². The first-order chi connectivity index (χ1) is 8.70. The Hall–Kier alpha value is -0.610. The first-order valence-electron chi connectivity index (χ1n) is 7.39. The van der Waals surface area contributed by atoms with Gasteiger partial charge in [0.05, 0.1) is 0 Å². The number of nitrogens with zero attached hydrogens (tertiary/aromatic N) is 1. The molecule has 1 aliphatic carbocycles. The zero-order valence-electron chi connectivity index (χ0n) is 13.1. The Morgan fingerprint density at radius 2 is 2.11 bits per heavy atom. The fourth-order valence-corrected chi connectivity index (χ4v) is 3.07. The molecule has 2 unspecified atom stereocenters. The molecular formula is C15H30N2O2. The van der Waals surface area contributed by atoms with Crippen molar-refractivity contribution in [1.82, 2.24) is 10.2 Å². The average Bonchev–Trinajstić information content (AvgIpc) is 2.69. The lowest BCUT2D eigenvalue weighted by molar-refractivity contribution is -0.144. The predicted octanol–water partition coefficient (Wildman–Crippen LogP) is 2.34. The first-order valence-corrected chi connectivity index (χ1v) is 7.39. The van der Waals surface area contributed by atoms with Crippen LogP contribution in [0, 0.1) is 5.41 Å². The maximum absolute atomic E-state index is 11.6. The van der Waals surface area contributed by atoms with Crippen molar-refractivity contribution >= 4 is 5.97 Å².